The van der Waals surface area contributed by atoms with Crippen molar-refractivity contribution in [1.29, 1.82) is 0 Å². The topological polar surface area (TPSA) is 87.7 Å². The summed E-state index contributed by atoms with van der Waals surface area (Å²) in [5, 5.41) is 5.73. The number of urea groups is 1. The van der Waals surface area contributed by atoms with Gasteiger partial charge in [0.1, 0.15) is 0 Å². The molecular formula is C24H29N3O4. The quantitative estimate of drug-likeness (QED) is 0.637. The van der Waals surface area contributed by atoms with Crippen LogP contribution in [0.1, 0.15) is 49.4 Å². The van der Waals surface area contributed by atoms with Crippen LogP contribution in [0.3, 0.4) is 0 Å². The maximum Gasteiger partial charge on any atom is 0.315 e. The predicted octanol–water partition coefficient (Wildman–Crippen LogP) is 3.48. The molecule has 7 nitrogen and oxygen atoms in total. The Morgan fingerprint density at radius 1 is 1.10 bits per heavy atom. The van der Waals surface area contributed by atoms with E-state index in [1.54, 1.807) is 6.92 Å². The molecule has 2 aromatic rings. The first-order valence-corrected chi connectivity index (χ1v) is 10.7. The van der Waals surface area contributed by atoms with Gasteiger partial charge in [0.25, 0.3) is 0 Å². The molecule has 0 unspecified atom stereocenters. The highest BCUT2D eigenvalue weighted by atomic mass is 16.5. The monoisotopic (exact) mass is 423 g/mol. The summed E-state index contributed by atoms with van der Waals surface area (Å²) in [7, 11) is 0. The Balaban J connectivity index is 1.60. The third-order valence-electron chi connectivity index (χ3n) is 5.28. The van der Waals surface area contributed by atoms with Gasteiger partial charge in [-0.2, -0.15) is 0 Å². The van der Waals surface area contributed by atoms with Crippen molar-refractivity contribution < 1.29 is 19.1 Å². The van der Waals surface area contributed by atoms with Crippen molar-refractivity contribution >= 4 is 23.6 Å². The molecule has 1 aliphatic heterocycles. The zero-order valence-electron chi connectivity index (χ0n) is 18.0. The number of nitrogens with zero attached hydrogens (tertiary/aromatic N) is 1. The number of esters is 1. The third kappa shape index (κ3) is 5.84. The molecule has 2 N–H and O–H groups in total. The van der Waals surface area contributed by atoms with Gasteiger partial charge in [-0.3, -0.25) is 9.59 Å². The van der Waals surface area contributed by atoms with Gasteiger partial charge in [0.2, 0.25) is 5.91 Å². The van der Waals surface area contributed by atoms with Gasteiger partial charge in [-0.15, -0.1) is 0 Å². The fraction of sp³-hybridized carbons (Fsp3) is 0.375. The number of rotatable bonds is 8. The molecule has 0 aromatic heterocycles. The van der Waals surface area contributed by atoms with E-state index in [0.29, 0.717) is 26.1 Å². The van der Waals surface area contributed by atoms with Gasteiger partial charge < -0.3 is 20.3 Å². The van der Waals surface area contributed by atoms with Gasteiger partial charge in [0.05, 0.1) is 19.1 Å². The lowest BCUT2D eigenvalue weighted by molar-refractivity contribution is -0.143. The summed E-state index contributed by atoms with van der Waals surface area (Å²) >= 11 is 0. The Hall–Kier alpha value is -3.35. The minimum Gasteiger partial charge on any atom is -0.466 e. The Bertz CT molecular complexity index is 930. The Morgan fingerprint density at radius 2 is 1.87 bits per heavy atom. The second-order valence-corrected chi connectivity index (χ2v) is 7.41. The smallest absolute Gasteiger partial charge is 0.315 e. The van der Waals surface area contributed by atoms with Crippen LogP contribution in [0, 0.1) is 0 Å². The van der Waals surface area contributed by atoms with E-state index in [1.807, 2.05) is 60.4 Å². The average molecular weight is 424 g/mol. The van der Waals surface area contributed by atoms with Crippen LogP contribution < -0.4 is 15.5 Å². The highest BCUT2D eigenvalue weighted by Crippen LogP contribution is 2.29. The predicted molar refractivity (Wildman–Crippen MR) is 119 cm³/mol. The number of amides is 3. The van der Waals surface area contributed by atoms with Crippen molar-refractivity contribution in [2.24, 2.45) is 0 Å². The Kier molecular flexibility index (Phi) is 7.65. The molecule has 1 atom stereocenters. The number of hydrogen-bond acceptors (Lipinski definition) is 4. The number of nitrogens with one attached hydrogen (secondary N) is 2. The van der Waals surface area contributed by atoms with E-state index in [4.69, 9.17) is 4.74 Å². The van der Waals surface area contributed by atoms with Crippen LogP contribution in [0.15, 0.2) is 48.5 Å². The molecule has 3 rings (SSSR count). The normalized spacial score (nSPS) is 13.3. The highest BCUT2D eigenvalue weighted by Gasteiger charge is 2.24. The molecule has 1 heterocycles. The average Bonchev–Trinajstić information content (AvgIpc) is 3.21. The molecule has 0 fully saturated rings. The molecule has 1 aliphatic rings. The SMILES string of the molecule is CCOC(=O)C[C@H](NC(=O)NCc1ccc2c(c1)CCN2C(=O)CC)c1ccccc1. The first-order chi connectivity index (χ1) is 15.0. The van der Waals surface area contributed by atoms with E-state index in [9.17, 15) is 14.4 Å². The van der Waals surface area contributed by atoms with Crippen LogP contribution in [-0.4, -0.2) is 31.1 Å². The molecule has 0 aliphatic carbocycles. The van der Waals surface area contributed by atoms with E-state index >= 15 is 0 Å². The lowest BCUT2D eigenvalue weighted by atomic mass is 10.0. The number of fused-ring (bicyclic) bond motifs is 1. The van der Waals surface area contributed by atoms with Gasteiger partial charge >= 0.3 is 12.0 Å². The van der Waals surface area contributed by atoms with E-state index in [1.165, 1.54) is 0 Å². The largest absolute Gasteiger partial charge is 0.466 e. The second kappa shape index (κ2) is 10.6. The zero-order valence-corrected chi connectivity index (χ0v) is 18.0. The van der Waals surface area contributed by atoms with Crippen LogP contribution in [0.2, 0.25) is 0 Å². The molecule has 0 radical (unpaired) electrons. The number of hydrogen-bond donors (Lipinski definition) is 2. The van der Waals surface area contributed by atoms with Gasteiger partial charge in [0, 0.05) is 25.2 Å². The van der Waals surface area contributed by atoms with E-state index < -0.39 is 6.04 Å². The first kappa shape index (κ1) is 22.3. The van der Waals surface area contributed by atoms with Gasteiger partial charge in [0.15, 0.2) is 0 Å². The molecular weight excluding hydrogens is 394 g/mol. The van der Waals surface area contributed by atoms with E-state index in [-0.39, 0.29) is 24.3 Å². The molecule has 7 heteroatoms. The van der Waals surface area contributed by atoms with Crippen molar-refractivity contribution in [2.75, 3.05) is 18.1 Å². The van der Waals surface area contributed by atoms with Crippen LogP contribution in [0.5, 0.6) is 0 Å². The minimum absolute atomic E-state index is 0.0609. The molecule has 0 saturated heterocycles. The summed E-state index contributed by atoms with van der Waals surface area (Å²) < 4.78 is 5.04. The van der Waals surface area contributed by atoms with Crippen molar-refractivity contribution in [3.8, 4) is 0 Å². The molecule has 31 heavy (non-hydrogen) atoms. The molecule has 0 bridgehead atoms. The highest BCUT2D eigenvalue weighted by molar-refractivity contribution is 5.95. The fourth-order valence-corrected chi connectivity index (χ4v) is 3.73. The maximum atomic E-state index is 12.5. The Labute approximate surface area is 182 Å². The summed E-state index contributed by atoms with van der Waals surface area (Å²) in [6.07, 6.45) is 1.36. The molecule has 0 saturated carbocycles. The van der Waals surface area contributed by atoms with Gasteiger partial charge in [-0.1, -0.05) is 49.4 Å². The van der Waals surface area contributed by atoms with Crippen LogP contribution in [-0.2, 0) is 27.3 Å². The number of ether oxygens (including phenoxy) is 1. The lowest BCUT2D eigenvalue weighted by Gasteiger charge is -2.19. The fourth-order valence-electron chi connectivity index (χ4n) is 3.73. The minimum atomic E-state index is -0.478. The molecule has 2 aromatic carbocycles. The van der Waals surface area contributed by atoms with E-state index in [0.717, 1.165) is 28.8 Å². The van der Waals surface area contributed by atoms with E-state index in [2.05, 4.69) is 10.6 Å². The molecule has 0 spiro atoms. The lowest BCUT2D eigenvalue weighted by Crippen LogP contribution is -2.38. The summed E-state index contributed by atoms with van der Waals surface area (Å²) in [6, 6.07) is 14.4. The van der Waals surface area contributed by atoms with Crippen molar-refractivity contribution in [1.82, 2.24) is 10.6 Å². The molecule has 164 valence electrons. The summed E-state index contributed by atoms with van der Waals surface area (Å²) in [5.74, 6) is -0.237. The van der Waals surface area contributed by atoms with Crippen molar-refractivity contribution in [2.45, 2.75) is 45.7 Å². The third-order valence-corrected chi connectivity index (χ3v) is 5.28. The Morgan fingerprint density at radius 3 is 2.58 bits per heavy atom. The number of carbonyl (C=O) groups excluding carboxylic acids is 3. The van der Waals surface area contributed by atoms with Crippen molar-refractivity contribution in [3.63, 3.8) is 0 Å². The molecule has 3 amide bonds. The van der Waals surface area contributed by atoms with Crippen LogP contribution >= 0.6 is 0 Å². The van der Waals surface area contributed by atoms with Crippen LogP contribution in [0.4, 0.5) is 10.5 Å². The first-order valence-electron chi connectivity index (χ1n) is 10.7. The summed E-state index contributed by atoms with van der Waals surface area (Å²) in [6.45, 7) is 4.96. The zero-order chi connectivity index (χ0) is 22.2. The van der Waals surface area contributed by atoms with Gasteiger partial charge in [-0.25, -0.2) is 4.79 Å². The summed E-state index contributed by atoms with van der Waals surface area (Å²) in [5.41, 5.74) is 3.87. The van der Waals surface area contributed by atoms with Gasteiger partial charge in [-0.05, 0) is 36.1 Å². The van der Waals surface area contributed by atoms with Crippen molar-refractivity contribution in [3.05, 3.63) is 65.2 Å². The number of carbonyl (C=O) groups is 3. The summed E-state index contributed by atoms with van der Waals surface area (Å²) in [4.78, 5) is 38.4. The maximum absolute atomic E-state index is 12.5. The standard InChI is InChI=1S/C24H29N3O4/c1-3-22(28)27-13-12-19-14-17(10-11-21(19)27)16-25-24(30)26-20(15-23(29)31-4-2)18-8-6-5-7-9-18/h5-11,14,20H,3-4,12-13,15-16H2,1-2H3,(H2,25,26,30)/t20-/m0/s1. The number of anilines is 1. The second-order valence-electron chi connectivity index (χ2n) is 7.41. The number of benzene rings is 2. The van der Waals surface area contributed by atoms with Crippen LogP contribution in [0.25, 0.3) is 0 Å².